The summed E-state index contributed by atoms with van der Waals surface area (Å²) in [4.78, 5) is 24.9. The van der Waals surface area contributed by atoms with Gasteiger partial charge < -0.3 is 9.88 Å². The Morgan fingerprint density at radius 3 is 2.14 bits per heavy atom. The van der Waals surface area contributed by atoms with Gasteiger partial charge in [-0.1, -0.05) is 74.1 Å². The van der Waals surface area contributed by atoms with E-state index in [1.54, 1.807) is 24.3 Å². The summed E-state index contributed by atoms with van der Waals surface area (Å²) in [6.07, 6.45) is 0. The van der Waals surface area contributed by atoms with E-state index in [2.05, 4.69) is 15.5 Å². The number of rotatable bonds is 8. The van der Waals surface area contributed by atoms with Crippen LogP contribution in [0.4, 0.5) is 0 Å². The van der Waals surface area contributed by atoms with Gasteiger partial charge in [-0.05, 0) is 18.1 Å². The van der Waals surface area contributed by atoms with Gasteiger partial charge in [-0.2, -0.15) is 0 Å². The minimum absolute atomic E-state index is 0.0398. The SMILES string of the molecule is CC(C)[C@H](NC(=O)c1ccccc1)c1nnc(SCC(=O)c2ccccc2)n1C. The van der Waals surface area contributed by atoms with Crippen LogP contribution < -0.4 is 5.32 Å². The van der Waals surface area contributed by atoms with Crippen molar-refractivity contribution in [3.8, 4) is 0 Å². The molecule has 0 fully saturated rings. The second-order valence-electron chi connectivity index (χ2n) is 7.04. The fourth-order valence-corrected chi connectivity index (χ4v) is 3.72. The minimum Gasteiger partial charge on any atom is -0.342 e. The first-order chi connectivity index (χ1) is 14.0. The Bertz CT molecular complexity index is 971. The predicted octanol–water partition coefficient (Wildman–Crippen LogP) is 3.92. The number of benzene rings is 2. The zero-order valence-corrected chi connectivity index (χ0v) is 17.5. The van der Waals surface area contributed by atoms with E-state index in [0.29, 0.717) is 22.1 Å². The number of carbonyl (C=O) groups is 2. The van der Waals surface area contributed by atoms with Crippen molar-refractivity contribution in [2.75, 3.05) is 5.75 Å². The number of nitrogens with zero attached hydrogens (tertiary/aromatic N) is 3. The molecule has 3 rings (SSSR count). The summed E-state index contributed by atoms with van der Waals surface area (Å²) >= 11 is 1.34. The lowest BCUT2D eigenvalue weighted by molar-refractivity contribution is 0.0921. The average Bonchev–Trinajstić information content (AvgIpc) is 3.11. The molecule has 6 nitrogen and oxygen atoms in total. The maximum atomic E-state index is 12.6. The third kappa shape index (κ3) is 5.12. The van der Waals surface area contributed by atoms with Crippen molar-refractivity contribution < 1.29 is 9.59 Å². The van der Waals surface area contributed by atoms with E-state index >= 15 is 0 Å². The average molecular weight is 409 g/mol. The van der Waals surface area contributed by atoms with Crippen LogP contribution in [-0.2, 0) is 7.05 Å². The summed E-state index contributed by atoms with van der Waals surface area (Å²) < 4.78 is 1.85. The number of ketones is 1. The first-order valence-electron chi connectivity index (χ1n) is 9.43. The number of Topliss-reactive ketones (excluding diaryl/α,β-unsaturated/α-hetero) is 1. The van der Waals surface area contributed by atoms with Crippen LogP contribution in [-0.4, -0.2) is 32.2 Å². The van der Waals surface area contributed by atoms with Gasteiger partial charge in [0.05, 0.1) is 11.8 Å². The van der Waals surface area contributed by atoms with Gasteiger partial charge >= 0.3 is 0 Å². The molecule has 1 N–H and O–H groups in total. The topological polar surface area (TPSA) is 76.9 Å². The molecule has 0 aliphatic rings. The number of aromatic nitrogens is 3. The lowest BCUT2D eigenvalue weighted by Crippen LogP contribution is -2.33. The Balaban J connectivity index is 1.71. The van der Waals surface area contributed by atoms with Crippen LogP contribution in [0.3, 0.4) is 0 Å². The van der Waals surface area contributed by atoms with Crippen molar-refractivity contribution in [1.82, 2.24) is 20.1 Å². The van der Waals surface area contributed by atoms with Gasteiger partial charge in [0.15, 0.2) is 16.8 Å². The Labute approximate surface area is 174 Å². The molecule has 0 saturated heterocycles. The molecule has 1 aromatic heterocycles. The fourth-order valence-electron chi connectivity index (χ4n) is 2.90. The van der Waals surface area contributed by atoms with Crippen LogP contribution in [0.1, 0.15) is 46.4 Å². The lowest BCUT2D eigenvalue weighted by atomic mass is 10.0. The largest absolute Gasteiger partial charge is 0.342 e. The van der Waals surface area contributed by atoms with Crippen LogP contribution >= 0.6 is 11.8 Å². The number of hydrogen-bond acceptors (Lipinski definition) is 5. The normalized spacial score (nSPS) is 12.0. The monoisotopic (exact) mass is 408 g/mol. The molecule has 1 atom stereocenters. The van der Waals surface area contributed by atoms with E-state index < -0.39 is 0 Å². The first kappa shape index (κ1) is 20.8. The quantitative estimate of drug-likeness (QED) is 0.452. The summed E-state index contributed by atoms with van der Waals surface area (Å²) in [6, 6.07) is 18.0. The fraction of sp³-hybridized carbons (Fsp3) is 0.273. The van der Waals surface area contributed by atoms with Gasteiger partial charge in [0, 0.05) is 18.2 Å². The summed E-state index contributed by atoms with van der Waals surface area (Å²) in [6.45, 7) is 4.05. The zero-order valence-electron chi connectivity index (χ0n) is 16.7. The van der Waals surface area contributed by atoms with Crippen molar-refractivity contribution in [1.29, 1.82) is 0 Å². The molecule has 2 aromatic carbocycles. The summed E-state index contributed by atoms with van der Waals surface area (Å²) in [5, 5.41) is 12.2. The minimum atomic E-state index is -0.292. The highest BCUT2D eigenvalue weighted by Crippen LogP contribution is 2.25. The van der Waals surface area contributed by atoms with Crippen LogP contribution in [0.5, 0.6) is 0 Å². The summed E-state index contributed by atoms with van der Waals surface area (Å²) in [5.41, 5.74) is 1.28. The standard InChI is InChI=1S/C22H24N4O2S/c1-15(2)19(23-21(28)17-12-8-5-9-13-17)20-24-25-22(26(20)3)29-14-18(27)16-10-6-4-7-11-16/h4-13,15,19H,14H2,1-3H3,(H,23,28)/t19-/m0/s1. The number of hydrogen-bond donors (Lipinski definition) is 1. The number of thioether (sulfide) groups is 1. The molecule has 29 heavy (non-hydrogen) atoms. The summed E-state index contributed by atoms with van der Waals surface area (Å²) in [7, 11) is 1.86. The van der Waals surface area contributed by atoms with Crippen molar-refractivity contribution in [3.63, 3.8) is 0 Å². The van der Waals surface area contributed by atoms with Crippen molar-refractivity contribution in [3.05, 3.63) is 77.6 Å². The number of amides is 1. The Kier molecular flexibility index (Phi) is 6.82. The smallest absolute Gasteiger partial charge is 0.251 e. The molecule has 3 aromatic rings. The highest BCUT2D eigenvalue weighted by molar-refractivity contribution is 7.99. The molecular formula is C22H24N4O2S. The highest BCUT2D eigenvalue weighted by atomic mass is 32.2. The van der Waals surface area contributed by atoms with Crippen LogP contribution in [0.2, 0.25) is 0 Å². The van der Waals surface area contributed by atoms with Gasteiger partial charge in [0.1, 0.15) is 0 Å². The second kappa shape index (κ2) is 9.52. The molecule has 0 unspecified atom stereocenters. The van der Waals surface area contributed by atoms with E-state index in [4.69, 9.17) is 0 Å². The predicted molar refractivity (Wildman–Crippen MR) is 114 cm³/mol. The number of carbonyl (C=O) groups excluding carboxylic acids is 2. The third-order valence-corrected chi connectivity index (χ3v) is 5.58. The molecular weight excluding hydrogens is 384 g/mol. The van der Waals surface area contributed by atoms with E-state index in [-0.39, 0.29) is 29.4 Å². The maximum absolute atomic E-state index is 12.6. The number of nitrogens with one attached hydrogen (secondary N) is 1. The van der Waals surface area contributed by atoms with Crippen molar-refractivity contribution in [2.45, 2.75) is 25.0 Å². The lowest BCUT2D eigenvalue weighted by Gasteiger charge is -2.21. The second-order valence-corrected chi connectivity index (χ2v) is 7.98. The van der Waals surface area contributed by atoms with Crippen molar-refractivity contribution in [2.24, 2.45) is 13.0 Å². The van der Waals surface area contributed by atoms with Gasteiger partial charge in [-0.15, -0.1) is 10.2 Å². The van der Waals surface area contributed by atoms with Crippen LogP contribution in [0.25, 0.3) is 0 Å². The van der Waals surface area contributed by atoms with E-state index in [1.807, 2.05) is 61.9 Å². The molecule has 150 valence electrons. The molecule has 7 heteroatoms. The van der Waals surface area contributed by atoms with Crippen LogP contribution in [0, 0.1) is 5.92 Å². The Morgan fingerprint density at radius 1 is 0.966 bits per heavy atom. The highest BCUT2D eigenvalue weighted by Gasteiger charge is 2.25. The van der Waals surface area contributed by atoms with Gasteiger partial charge in [-0.3, -0.25) is 9.59 Å². The molecule has 0 bridgehead atoms. The van der Waals surface area contributed by atoms with Gasteiger partial charge in [0.2, 0.25) is 0 Å². The van der Waals surface area contributed by atoms with E-state index in [9.17, 15) is 9.59 Å². The Hall–Kier alpha value is -2.93. The molecule has 0 radical (unpaired) electrons. The van der Waals surface area contributed by atoms with Gasteiger partial charge in [-0.25, -0.2) is 0 Å². The van der Waals surface area contributed by atoms with E-state index in [0.717, 1.165) is 0 Å². The molecule has 0 aliphatic heterocycles. The van der Waals surface area contributed by atoms with Gasteiger partial charge in [0.25, 0.3) is 5.91 Å². The molecule has 0 spiro atoms. The molecule has 1 amide bonds. The summed E-state index contributed by atoms with van der Waals surface area (Å²) in [5.74, 6) is 0.950. The van der Waals surface area contributed by atoms with Crippen molar-refractivity contribution >= 4 is 23.5 Å². The van der Waals surface area contributed by atoms with E-state index in [1.165, 1.54) is 11.8 Å². The van der Waals surface area contributed by atoms with Crippen LogP contribution in [0.15, 0.2) is 65.8 Å². The zero-order chi connectivity index (χ0) is 20.8. The third-order valence-electron chi connectivity index (χ3n) is 4.56. The maximum Gasteiger partial charge on any atom is 0.251 e. The first-order valence-corrected chi connectivity index (χ1v) is 10.4. The molecule has 0 aliphatic carbocycles. The molecule has 0 saturated carbocycles. The molecule has 1 heterocycles. The Morgan fingerprint density at radius 2 is 1.55 bits per heavy atom.